The number of carbonyl (C=O) groups excluding carboxylic acids is 1. The molecule has 4 aromatic rings. The Bertz CT molecular complexity index is 1410. The number of methoxy groups -OCH3 is 3. The van der Waals surface area contributed by atoms with Crippen LogP contribution < -0.4 is 19.5 Å². The highest BCUT2D eigenvalue weighted by molar-refractivity contribution is 6.00. The highest BCUT2D eigenvalue weighted by Crippen LogP contribution is 2.39. The Labute approximate surface area is 209 Å². The lowest BCUT2D eigenvalue weighted by molar-refractivity contribution is -0.116. The minimum atomic E-state index is -0.279. The summed E-state index contributed by atoms with van der Waals surface area (Å²) >= 11 is 0. The van der Waals surface area contributed by atoms with Crippen LogP contribution in [0.15, 0.2) is 71.4 Å². The van der Waals surface area contributed by atoms with Crippen LogP contribution in [0.4, 0.5) is 4.39 Å². The monoisotopic (exact) mass is 489 g/mol. The van der Waals surface area contributed by atoms with Gasteiger partial charge >= 0.3 is 0 Å². The zero-order valence-corrected chi connectivity index (χ0v) is 20.7. The van der Waals surface area contributed by atoms with E-state index in [-0.39, 0.29) is 11.7 Å². The van der Waals surface area contributed by atoms with E-state index in [1.165, 1.54) is 12.1 Å². The van der Waals surface area contributed by atoms with Crippen molar-refractivity contribution in [3.8, 4) is 28.4 Å². The molecule has 0 fully saturated rings. The summed E-state index contributed by atoms with van der Waals surface area (Å²) in [4.78, 5) is 12.6. The summed E-state index contributed by atoms with van der Waals surface area (Å²) in [5.41, 5.74) is 4.92. The number of halogens is 1. The van der Waals surface area contributed by atoms with Crippen LogP contribution in [0.1, 0.15) is 18.1 Å². The van der Waals surface area contributed by atoms with Gasteiger partial charge < -0.3 is 23.9 Å². The van der Waals surface area contributed by atoms with Gasteiger partial charge in [0.05, 0.1) is 27.6 Å². The van der Waals surface area contributed by atoms with Crippen LogP contribution in [0.5, 0.6) is 17.2 Å². The van der Waals surface area contributed by atoms with E-state index in [0.29, 0.717) is 35.8 Å². The number of carbonyl (C=O) groups is 1. The van der Waals surface area contributed by atoms with Crippen molar-refractivity contribution in [2.24, 2.45) is 0 Å². The second-order valence-corrected chi connectivity index (χ2v) is 8.26. The predicted molar refractivity (Wildman–Crippen MR) is 138 cm³/mol. The Balaban J connectivity index is 1.59. The number of hydrogen-bond acceptors (Lipinski definition) is 5. The zero-order chi connectivity index (χ0) is 25.7. The van der Waals surface area contributed by atoms with Crippen LogP contribution in [-0.4, -0.2) is 33.8 Å². The number of ether oxygens (including phenoxy) is 3. The van der Waals surface area contributed by atoms with Gasteiger partial charge in [0.2, 0.25) is 5.91 Å². The first kappa shape index (κ1) is 24.9. The van der Waals surface area contributed by atoms with Crippen LogP contribution in [0, 0.1) is 5.82 Å². The molecule has 0 aliphatic carbocycles. The summed E-state index contributed by atoms with van der Waals surface area (Å²) in [6.07, 6.45) is 3.85. The van der Waals surface area contributed by atoms with Crippen molar-refractivity contribution < 1.29 is 27.8 Å². The molecular weight excluding hydrogens is 461 g/mol. The predicted octanol–water partition coefficient (Wildman–Crippen LogP) is 6.03. The van der Waals surface area contributed by atoms with E-state index in [2.05, 4.69) is 5.32 Å². The second kappa shape index (κ2) is 11.0. The first-order chi connectivity index (χ1) is 17.4. The minimum absolute atomic E-state index is 0.218. The quantitative estimate of drug-likeness (QED) is 0.291. The molecule has 0 aliphatic heterocycles. The molecule has 3 aromatic carbocycles. The lowest BCUT2D eigenvalue weighted by Crippen LogP contribution is -2.23. The van der Waals surface area contributed by atoms with E-state index in [9.17, 15) is 9.18 Å². The molecule has 0 saturated carbocycles. The first-order valence-electron chi connectivity index (χ1n) is 11.5. The van der Waals surface area contributed by atoms with Crippen LogP contribution in [0.3, 0.4) is 0 Å². The van der Waals surface area contributed by atoms with Crippen LogP contribution in [0.25, 0.3) is 27.7 Å². The fourth-order valence-electron chi connectivity index (χ4n) is 4.07. The maximum Gasteiger partial charge on any atom is 0.244 e. The average Bonchev–Trinajstić information content (AvgIpc) is 3.31. The molecule has 0 bridgehead atoms. The molecule has 1 heterocycles. The fraction of sp³-hybridized carbons (Fsp3) is 0.207. The molecule has 0 saturated heterocycles. The maximum atomic E-state index is 13.1. The van der Waals surface area contributed by atoms with Crippen molar-refractivity contribution in [3.05, 3.63) is 83.9 Å². The highest BCUT2D eigenvalue weighted by Gasteiger charge is 2.16. The summed E-state index contributed by atoms with van der Waals surface area (Å²) in [5, 5.41) is 3.76. The van der Waals surface area contributed by atoms with Gasteiger partial charge in [-0.1, -0.05) is 18.2 Å². The van der Waals surface area contributed by atoms with Gasteiger partial charge in [-0.2, -0.15) is 0 Å². The van der Waals surface area contributed by atoms with E-state index in [4.69, 9.17) is 18.6 Å². The zero-order valence-electron chi connectivity index (χ0n) is 20.7. The third kappa shape index (κ3) is 5.35. The molecular formula is C29H28FNO5. The molecule has 1 aromatic heterocycles. The fourth-order valence-corrected chi connectivity index (χ4v) is 4.07. The number of amides is 1. The molecule has 1 amide bonds. The van der Waals surface area contributed by atoms with E-state index >= 15 is 0 Å². The van der Waals surface area contributed by atoms with Gasteiger partial charge in [-0.15, -0.1) is 0 Å². The maximum absolute atomic E-state index is 13.1. The number of furan rings is 1. The highest BCUT2D eigenvalue weighted by atomic mass is 19.1. The van der Waals surface area contributed by atoms with Gasteiger partial charge in [0.15, 0.2) is 11.5 Å². The SMILES string of the molecule is COc1ccc(-c2coc3cc(OC)c(/C(C)=C/C(=O)NCCc4ccc(F)cc4)cc23)cc1OC. The van der Waals surface area contributed by atoms with Crippen LogP contribution in [-0.2, 0) is 11.2 Å². The molecule has 186 valence electrons. The lowest BCUT2D eigenvalue weighted by atomic mass is 9.99. The molecule has 6 nitrogen and oxygen atoms in total. The van der Waals surface area contributed by atoms with Crippen molar-refractivity contribution in [2.45, 2.75) is 13.3 Å². The van der Waals surface area contributed by atoms with E-state index in [1.807, 2.05) is 37.3 Å². The third-order valence-electron chi connectivity index (χ3n) is 5.99. The van der Waals surface area contributed by atoms with Gasteiger partial charge in [-0.05, 0) is 60.4 Å². The van der Waals surface area contributed by atoms with Gasteiger partial charge in [0, 0.05) is 35.2 Å². The smallest absolute Gasteiger partial charge is 0.244 e. The Kier molecular flexibility index (Phi) is 7.59. The average molecular weight is 490 g/mol. The van der Waals surface area contributed by atoms with Gasteiger partial charge in [-0.25, -0.2) is 4.39 Å². The molecule has 4 rings (SSSR count). The molecule has 0 aliphatic rings. The summed E-state index contributed by atoms with van der Waals surface area (Å²) in [5.74, 6) is 1.36. The summed E-state index contributed by atoms with van der Waals surface area (Å²) in [6, 6.07) is 15.7. The summed E-state index contributed by atoms with van der Waals surface area (Å²) < 4.78 is 35.3. The van der Waals surface area contributed by atoms with E-state index in [0.717, 1.165) is 33.2 Å². The molecule has 0 spiro atoms. The van der Waals surface area contributed by atoms with Gasteiger partial charge in [-0.3, -0.25) is 4.79 Å². The number of nitrogens with one attached hydrogen (secondary N) is 1. The number of hydrogen-bond donors (Lipinski definition) is 1. The number of benzene rings is 3. The van der Waals surface area contributed by atoms with E-state index < -0.39 is 0 Å². The van der Waals surface area contributed by atoms with Crippen LogP contribution in [0.2, 0.25) is 0 Å². The van der Waals surface area contributed by atoms with Crippen molar-refractivity contribution in [3.63, 3.8) is 0 Å². The molecule has 0 atom stereocenters. The molecule has 0 radical (unpaired) electrons. The molecule has 36 heavy (non-hydrogen) atoms. The van der Waals surface area contributed by atoms with Crippen molar-refractivity contribution in [2.75, 3.05) is 27.9 Å². The summed E-state index contributed by atoms with van der Waals surface area (Å²) in [6.45, 7) is 2.30. The number of allylic oxidation sites excluding steroid dienone is 1. The lowest BCUT2D eigenvalue weighted by Gasteiger charge is -2.11. The van der Waals surface area contributed by atoms with Crippen molar-refractivity contribution in [1.29, 1.82) is 0 Å². The Morgan fingerprint density at radius 1 is 0.944 bits per heavy atom. The van der Waals surface area contributed by atoms with Gasteiger partial charge in [0.25, 0.3) is 0 Å². The standard InChI is InChI=1S/C29H28FNO5/c1-18(13-29(32)31-12-11-19-5-8-21(30)9-6-19)22-15-23-24(17-36-27(23)16-26(22)34-3)20-7-10-25(33-2)28(14-20)35-4/h5-10,13-17H,11-12H2,1-4H3,(H,31,32)/b18-13+. The van der Waals surface area contributed by atoms with Gasteiger partial charge in [0.1, 0.15) is 17.1 Å². The molecule has 1 N–H and O–H groups in total. The van der Waals surface area contributed by atoms with Crippen molar-refractivity contribution >= 4 is 22.4 Å². The normalized spacial score (nSPS) is 11.4. The second-order valence-electron chi connectivity index (χ2n) is 8.26. The Morgan fingerprint density at radius 3 is 2.36 bits per heavy atom. The Hall–Kier alpha value is -4.26. The topological polar surface area (TPSA) is 69.9 Å². The minimum Gasteiger partial charge on any atom is -0.496 e. The van der Waals surface area contributed by atoms with Crippen molar-refractivity contribution in [1.82, 2.24) is 5.32 Å². The molecule has 7 heteroatoms. The van der Waals surface area contributed by atoms with E-state index in [1.54, 1.807) is 45.8 Å². The largest absolute Gasteiger partial charge is 0.496 e. The first-order valence-corrected chi connectivity index (χ1v) is 11.5. The number of fused-ring (bicyclic) bond motifs is 1. The third-order valence-corrected chi connectivity index (χ3v) is 5.99. The van der Waals surface area contributed by atoms with Crippen LogP contribution >= 0.6 is 0 Å². The summed E-state index contributed by atoms with van der Waals surface area (Å²) in [7, 11) is 4.77. The molecule has 0 unspecified atom stereocenters. The number of rotatable bonds is 9. The Morgan fingerprint density at radius 2 is 1.67 bits per heavy atom.